The first kappa shape index (κ1) is 16.1. The lowest BCUT2D eigenvalue weighted by molar-refractivity contribution is -0.145. The van der Waals surface area contributed by atoms with Gasteiger partial charge < -0.3 is 9.84 Å². The molecule has 0 saturated carbocycles. The van der Waals surface area contributed by atoms with Gasteiger partial charge in [0.1, 0.15) is 5.75 Å². The quantitative estimate of drug-likeness (QED) is 0.907. The lowest BCUT2D eigenvalue weighted by Crippen LogP contribution is -2.30. The molecule has 0 saturated heterocycles. The van der Waals surface area contributed by atoms with Gasteiger partial charge in [0.25, 0.3) is 0 Å². The molecule has 0 aliphatic carbocycles. The Bertz CT molecular complexity index is 666. The van der Waals surface area contributed by atoms with Crippen molar-refractivity contribution in [1.82, 2.24) is 0 Å². The van der Waals surface area contributed by atoms with E-state index in [1.807, 2.05) is 45.9 Å². The van der Waals surface area contributed by atoms with E-state index in [9.17, 15) is 9.90 Å². The second-order valence-corrected chi connectivity index (χ2v) is 5.79. The first-order valence-corrected chi connectivity index (χ1v) is 7.40. The van der Waals surface area contributed by atoms with Gasteiger partial charge in [-0.3, -0.25) is 0 Å². The number of aliphatic carboxylic acids is 1. The zero-order chi connectivity index (χ0) is 16.3. The fourth-order valence-corrected chi connectivity index (χ4v) is 2.74. The summed E-state index contributed by atoms with van der Waals surface area (Å²) >= 11 is 0. The largest absolute Gasteiger partial charge is 0.478 e. The molecule has 0 bridgehead atoms. The maximum absolute atomic E-state index is 11.6. The maximum Gasteiger partial charge on any atom is 0.345 e. The highest BCUT2D eigenvalue weighted by atomic mass is 16.5. The van der Waals surface area contributed by atoms with Gasteiger partial charge in [-0.2, -0.15) is 0 Å². The molecule has 3 nitrogen and oxygen atoms in total. The Kier molecular flexibility index (Phi) is 4.86. The Balaban J connectivity index is 2.27. The van der Waals surface area contributed by atoms with Crippen molar-refractivity contribution in [2.45, 2.75) is 40.2 Å². The molecule has 3 heteroatoms. The van der Waals surface area contributed by atoms with Crippen LogP contribution < -0.4 is 4.74 Å². The SMILES string of the molecule is Cc1cc(C)c(C[C@H](Oc2ccccc2C)C(=O)O)c(C)c1. The highest BCUT2D eigenvalue weighted by molar-refractivity contribution is 5.73. The molecule has 22 heavy (non-hydrogen) atoms. The Morgan fingerprint density at radius 1 is 1.05 bits per heavy atom. The zero-order valence-electron chi connectivity index (χ0n) is 13.5. The molecule has 0 radical (unpaired) electrons. The van der Waals surface area contributed by atoms with Crippen LogP contribution in [-0.2, 0) is 11.2 Å². The maximum atomic E-state index is 11.6. The predicted octanol–water partition coefficient (Wildman–Crippen LogP) is 3.99. The molecule has 0 aromatic heterocycles. The molecule has 0 fully saturated rings. The van der Waals surface area contributed by atoms with E-state index in [2.05, 4.69) is 12.1 Å². The van der Waals surface area contributed by atoms with E-state index in [1.165, 1.54) is 5.56 Å². The van der Waals surface area contributed by atoms with Crippen LogP contribution in [0, 0.1) is 27.7 Å². The molecule has 0 aliphatic heterocycles. The van der Waals surface area contributed by atoms with Gasteiger partial charge in [0.15, 0.2) is 6.10 Å². The lowest BCUT2D eigenvalue weighted by atomic mass is 9.95. The second kappa shape index (κ2) is 6.65. The molecule has 2 rings (SSSR count). The Hall–Kier alpha value is -2.29. The number of rotatable bonds is 5. The minimum Gasteiger partial charge on any atom is -0.478 e. The van der Waals surface area contributed by atoms with Crippen molar-refractivity contribution in [2.24, 2.45) is 0 Å². The van der Waals surface area contributed by atoms with Crippen molar-refractivity contribution in [1.29, 1.82) is 0 Å². The standard InChI is InChI=1S/C19H22O3/c1-12-9-14(3)16(15(4)10-12)11-18(19(20)21)22-17-8-6-5-7-13(17)2/h5-10,18H,11H2,1-4H3,(H,20,21)/t18-/m0/s1. The van der Waals surface area contributed by atoms with Gasteiger partial charge >= 0.3 is 5.97 Å². The van der Waals surface area contributed by atoms with Crippen LogP contribution in [0.5, 0.6) is 5.75 Å². The summed E-state index contributed by atoms with van der Waals surface area (Å²) in [4.78, 5) is 11.6. The van der Waals surface area contributed by atoms with Crippen LogP contribution in [0.4, 0.5) is 0 Å². The van der Waals surface area contributed by atoms with Crippen molar-refractivity contribution in [3.63, 3.8) is 0 Å². The van der Waals surface area contributed by atoms with Crippen molar-refractivity contribution in [2.75, 3.05) is 0 Å². The van der Waals surface area contributed by atoms with Crippen LogP contribution >= 0.6 is 0 Å². The fourth-order valence-electron chi connectivity index (χ4n) is 2.74. The number of carbonyl (C=O) groups is 1. The summed E-state index contributed by atoms with van der Waals surface area (Å²) in [5.41, 5.74) is 5.39. The van der Waals surface area contributed by atoms with Gasteiger partial charge in [-0.05, 0) is 56.0 Å². The number of hydrogen-bond acceptors (Lipinski definition) is 2. The van der Waals surface area contributed by atoms with Crippen LogP contribution in [0.1, 0.15) is 27.8 Å². The van der Waals surface area contributed by atoms with Crippen LogP contribution in [0.25, 0.3) is 0 Å². The minimum absolute atomic E-state index is 0.363. The lowest BCUT2D eigenvalue weighted by Gasteiger charge is -2.19. The Morgan fingerprint density at radius 2 is 1.64 bits per heavy atom. The highest BCUT2D eigenvalue weighted by Gasteiger charge is 2.22. The van der Waals surface area contributed by atoms with E-state index in [0.717, 1.165) is 22.3 Å². The number of para-hydroxylation sites is 1. The first-order chi connectivity index (χ1) is 10.4. The van der Waals surface area contributed by atoms with Crippen molar-refractivity contribution >= 4 is 5.97 Å². The van der Waals surface area contributed by atoms with Crippen molar-refractivity contribution < 1.29 is 14.6 Å². The molecule has 2 aromatic rings. The van der Waals surface area contributed by atoms with E-state index in [4.69, 9.17) is 4.74 Å². The number of hydrogen-bond donors (Lipinski definition) is 1. The van der Waals surface area contributed by atoms with Crippen LogP contribution in [0.3, 0.4) is 0 Å². The minimum atomic E-state index is -0.942. The number of ether oxygens (including phenoxy) is 1. The molecular formula is C19H22O3. The first-order valence-electron chi connectivity index (χ1n) is 7.40. The summed E-state index contributed by atoms with van der Waals surface area (Å²) in [6, 6.07) is 11.6. The summed E-state index contributed by atoms with van der Waals surface area (Å²) in [5.74, 6) is -0.319. The van der Waals surface area contributed by atoms with Crippen molar-refractivity contribution in [3.05, 3.63) is 64.2 Å². The highest BCUT2D eigenvalue weighted by Crippen LogP contribution is 2.22. The molecule has 0 aliphatic rings. The molecule has 0 heterocycles. The van der Waals surface area contributed by atoms with E-state index in [0.29, 0.717) is 12.2 Å². The average molecular weight is 298 g/mol. The van der Waals surface area contributed by atoms with E-state index in [-0.39, 0.29) is 0 Å². The summed E-state index contributed by atoms with van der Waals surface area (Å²) in [5, 5.41) is 9.50. The zero-order valence-corrected chi connectivity index (χ0v) is 13.5. The molecule has 0 unspecified atom stereocenters. The molecule has 2 aromatic carbocycles. The molecule has 0 spiro atoms. The number of carboxylic acid groups (broad SMARTS) is 1. The average Bonchev–Trinajstić information content (AvgIpc) is 2.43. The third-order valence-corrected chi connectivity index (χ3v) is 3.87. The van der Waals surface area contributed by atoms with Gasteiger partial charge in [-0.1, -0.05) is 35.9 Å². The van der Waals surface area contributed by atoms with Crippen molar-refractivity contribution in [3.8, 4) is 5.75 Å². The monoisotopic (exact) mass is 298 g/mol. The van der Waals surface area contributed by atoms with Gasteiger partial charge in [-0.25, -0.2) is 4.79 Å². The molecule has 0 amide bonds. The van der Waals surface area contributed by atoms with Gasteiger partial charge in [-0.15, -0.1) is 0 Å². The van der Waals surface area contributed by atoms with Crippen LogP contribution in [0.2, 0.25) is 0 Å². The van der Waals surface area contributed by atoms with E-state index >= 15 is 0 Å². The number of benzene rings is 2. The van der Waals surface area contributed by atoms with Crippen LogP contribution in [0.15, 0.2) is 36.4 Å². The topological polar surface area (TPSA) is 46.5 Å². The fraction of sp³-hybridized carbons (Fsp3) is 0.316. The van der Waals surface area contributed by atoms with Crippen LogP contribution in [-0.4, -0.2) is 17.2 Å². The summed E-state index contributed by atoms with van der Waals surface area (Å²) in [6.45, 7) is 7.99. The Labute approximate surface area is 131 Å². The summed E-state index contributed by atoms with van der Waals surface area (Å²) < 4.78 is 5.75. The molecule has 1 atom stereocenters. The number of carboxylic acids is 1. The summed E-state index contributed by atoms with van der Waals surface area (Å²) in [7, 11) is 0. The normalized spacial score (nSPS) is 12.0. The molecule has 1 N–H and O–H groups in total. The second-order valence-electron chi connectivity index (χ2n) is 5.79. The third-order valence-electron chi connectivity index (χ3n) is 3.87. The van der Waals surface area contributed by atoms with E-state index in [1.54, 1.807) is 6.07 Å². The van der Waals surface area contributed by atoms with Gasteiger partial charge in [0.05, 0.1) is 0 Å². The third kappa shape index (κ3) is 3.67. The Morgan fingerprint density at radius 3 is 2.18 bits per heavy atom. The van der Waals surface area contributed by atoms with E-state index < -0.39 is 12.1 Å². The molecular weight excluding hydrogens is 276 g/mol. The smallest absolute Gasteiger partial charge is 0.345 e. The predicted molar refractivity (Wildman–Crippen MR) is 87.6 cm³/mol. The van der Waals surface area contributed by atoms with Gasteiger partial charge in [0, 0.05) is 6.42 Å². The number of aryl methyl sites for hydroxylation is 4. The molecule has 116 valence electrons. The van der Waals surface area contributed by atoms with Gasteiger partial charge in [0.2, 0.25) is 0 Å². The summed E-state index contributed by atoms with van der Waals surface area (Å²) in [6.07, 6.45) is -0.525.